The number of anilines is 1. The lowest BCUT2D eigenvalue weighted by molar-refractivity contribution is -0.124. The standard InChI is InChI=1S/C20H22FN5O3/c21-15-3-1-2-4-16(15)23-11-10-18(22)26-19(27)13-5-7-14(8-6-13)25-20(28)17-9-12-24-29-17/h1-4,9-14,23H,5-8H2,(H,25,28)(H2,22,26,27)/b11-10-. The summed E-state index contributed by atoms with van der Waals surface area (Å²) in [6.45, 7) is 0. The van der Waals surface area contributed by atoms with Gasteiger partial charge in [-0.25, -0.2) is 4.39 Å². The first-order valence-electron chi connectivity index (χ1n) is 9.31. The van der Waals surface area contributed by atoms with Crippen molar-refractivity contribution in [2.45, 2.75) is 31.7 Å². The van der Waals surface area contributed by atoms with Crippen molar-refractivity contribution in [1.29, 1.82) is 5.41 Å². The molecule has 0 unspecified atom stereocenters. The number of amides is 2. The minimum absolute atomic E-state index is 0.0269. The quantitative estimate of drug-likeness (QED) is 0.440. The summed E-state index contributed by atoms with van der Waals surface area (Å²) in [5.41, 5.74) is 0.286. The molecule has 1 aliphatic rings. The first-order chi connectivity index (χ1) is 14.0. The number of hydrogen-bond acceptors (Lipinski definition) is 6. The molecule has 0 aliphatic heterocycles. The Morgan fingerprint density at radius 3 is 2.62 bits per heavy atom. The smallest absolute Gasteiger partial charge is 0.290 e. The highest BCUT2D eigenvalue weighted by Gasteiger charge is 2.28. The molecule has 1 aromatic carbocycles. The lowest BCUT2D eigenvalue weighted by atomic mass is 9.85. The lowest BCUT2D eigenvalue weighted by Gasteiger charge is -2.28. The predicted molar refractivity (Wildman–Crippen MR) is 105 cm³/mol. The van der Waals surface area contributed by atoms with Crippen molar-refractivity contribution < 1.29 is 18.5 Å². The molecular formula is C20H22FN5O3. The second-order valence-electron chi connectivity index (χ2n) is 6.76. The lowest BCUT2D eigenvalue weighted by Crippen LogP contribution is -2.41. The van der Waals surface area contributed by atoms with Gasteiger partial charge < -0.3 is 20.5 Å². The van der Waals surface area contributed by atoms with Gasteiger partial charge in [0.25, 0.3) is 5.91 Å². The summed E-state index contributed by atoms with van der Waals surface area (Å²) in [6, 6.07) is 7.64. The van der Waals surface area contributed by atoms with Crippen LogP contribution in [-0.4, -0.2) is 28.8 Å². The van der Waals surface area contributed by atoms with Crippen LogP contribution in [0.25, 0.3) is 0 Å². The molecule has 152 valence electrons. The van der Waals surface area contributed by atoms with Gasteiger partial charge in [-0.05, 0) is 43.9 Å². The normalized spacial score (nSPS) is 18.9. The van der Waals surface area contributed by atoms with Crippen LogP contribution < -0.4 is 16.0 Å². The van der Waals surface area contributed by atoms with Crippen molar-refractivity contribution in [3.05, 3.63) is 60.4 Å². The van der Waals surface area contributed by atoms with E-state index in [1.807, 2.05) is 0 Å². The summed E-state index contributed by atoms with van der Waals surface area (Å²) in [5, 5.41) is 19.5. The van der Waals surface area contributed by atoms with Gasteiger partial charge in [-0.2, -0.15) is 0 Å². The monoisotopic (exact) mass is 399 g/mol. The molecule has 2 aromatic rings. The third-order valence-corrected chi connectivity index (χ3v) is 4.72. The molecule has 1 fully saturated rings. The number of carbonyl (C=O) groups is 2. The first kappa shape index (κ1) is 20.2. The molecule has 1 aromatic heterocycles. The summed E-state index contributed by atoms with van der Waals surface area (Å²) in [7, 11) is 0. The average Bonchev–Trinajstić information content (AvgIpc) is 3.25. The molecule has 0 radical (unpaired) electrons. The van der Waals surface area contributed by atoms with Gasteiger partial charge in [-0.1, -0.05) is 17.3 Å². The van der Waals surface area contributed by atoms with Crippen LogP contribution in [0.5, 0.6) is 0 Å². The van der Waals surface area contributed by atoms with Crippen molar-refractivity contribution >= 4 is 23.3 Å². The fourth-order valence-corrected chi connectivity index (χ4v) is 3.16. The van der Waals surface area contributed by atoms with E-state index in [0.717, 1.165) is 0 Å². The number of carbonyl (C=O) groups excluding carboxylic acids is 2. The van der Waals surface area contributed by atoms with E-state index >= 15 is 0 Å². The molecule has 1 heterocycles. The van der Waals surface area contributed by atoms with Gasteiger partial charge in [-0.3, -0.25) is 15.0 Å². The maximum Gasteiger partial charge on any atom is 0.290 e. The molecular weight excluding hydrogens is 377 g/mol. The van der Waals surface area contributed by atoms with Gasteiger partial charge in [0.05, 0.1) is 11.9 Å². The Bertz CT molecular complexity index is 889. The molecule has 3 rings (SSSR count). The Kier molecular flexibility index (Phi) is 6.72. The molecule has 0 saturated heterocycles. The maximum atomic E-state index is 13.5. The third-order valence-electron chi connectivity index (χ3n) is 4.72. The van der Waals surface area contributed by atoms with Crippen LogP contribution in [-0.2, 0) is 4.79 Å². The van der Waals surface area contributed by atoms with E-state index in [1.54, 1.807) is 18.2 Å². The molecule has 29 heavy (non-hydrogen) atoms. The fraction of sp³-hybridized carbons (Fsp3) is 0.300. The maximum absolute atomic E-state index is 13.5. The van der Waals surface area contributed by atoms with E-state index in [9.17, 15) is 14.0 Å². The molecule has 1 saturated carbocycles. The second-order valence-corrected chi connectivity index (χ2v) is 6.76. The molecule has 8 nitrogen and oxygen atoms in total. The van der Waals surface area contributed by atoms with Gasteiger partial charge in [0.2, 0.25) is 11.7 Å². The number of nitrogens with zero attached hydrogens (tertiary/aromatic N) is 1. The van der Waals surface area contributed by atoms with Crippen molar-refractivity contribution in [3.63, 3.8) is 0 Å². The van der Waals surface area contributed by atoms with E-state index < -0.39 is 5.82 Å². The Morgan fingerprint density at radius 2 is 1.93 bits per heavy atom. The number of nitrogens with one attached hydrogen (secondary N) is 4. The van der Waals surface area contributed by atoms with Crippen LogP contribution in [0.2, 0.25) is 0 Å². The summed E-state index contributed by atoms with van der Waals surface area (Å²) >= 11 is 0. The van der Waals surface area contributed by atoms with Crippen molar-refractivity contribution in [2.75, 3.05) is 5.32 Å². The molecule has 1 aliphatic carbocycles. The van der Waals surface area contributed by atoms with Gasteiger partial charge in [0, 0.05) is 24.2 Å². The van der Waals surface area contributed by atoms with E-state index in [1.165, 1.54) is 30.6 Å². The second kappa shape index (κ2) is 9.63. The van der Waals surface area contributed by atoms with Crippen molar-refractivity contribution in [2.24, 2.45) is 5.92 Å². The largest absolute Gasteiger partial charge is 0.359 e. The highest BCUT2D eigenvalue weighted by atomic mass is 19.1. The molecule has 0 bridgehead atoms. The number of para-hydroxylation sites is 1. The minimum Gasteiger partial charge on any atom is -0.359 e. The predicted octanol–water partition coefficient (Wildman–Crippen LogP) is 2.82. The van der Waals surface area contributed by atoms with Crippen LogP contribution in [0.1, 0.15) is 36.2 Å². The minimum atomic E-state index is -0.403. The average molecular weight is 399 g/mol. The topological polar surface area (TPSA) is 120 Å². The number of rotatable bonds is 6. The molecule has 0 spiro atoms. The molecule has 4 N–H and O–H groups in total. The zero-order valence-corrected chi connectivity index (χ0v) is 15.7. The van der Waals surface area contributed by atoms with E-state index in [2.05, 4.69) is 21.1 Å². The fourth-order valence-electron chi connectivity index (χ4n) is 3.16. The van der Waals surface area contributed by atoms with Crippen LogP contribution in [0.3, 0.4) is 0 Å². The summed E-state index contributed by atoms with van der Waals surface area (Å²) in [4.78, 5) is 24.3. The Labute approximate surface area is 167 Å². The summed E-state index contributed by atoms with van der Waals surface area (Å²) < 4.78 is 18.3. The van der Waals surface area contributed by atoms with E-state index in [-0.39, 0.29) is 41.1 Å². The molecule has 0 atom stereocenters. The van der Waals surface area contributed by atoms with Gasteiger partial charge in [0.1, 0.15) is 11.7 Å². The van der Waals surface area contributed by atoms with Crippen LogP contribution >= 0.6 is 0 Å². The number of hydrogen-bond donors (Lipinski definition) is 4. The first-order valence-corrected chi connectivity index (χ1v) is 9.31. The van der Waals surface area contributed by atoms with Gasteiger partial charge in [-0.15, -0.1) is 0 Å². The number of aromatic nitrogens is 1. The van der Waals surface area contributed by atoms with Crippen molar-refractivity contribution in [1.82, 2.24) is 15.8 Å². The van der Waals surface area contributed by atoms with Gasteiger partial charge >= 0.3 is 0 Å². The van der Waals surface area contributed by atoms with Crippen LogP contribution in [0, 0.1) is 17.1 Å². The summed E-state index contributed by atoms with van der Waals surface area (Å²) in [6.07, 6.45) is 6.71. The third kappa shape index (κ3) is 5.74. The summed E-state index contributed by atoms with van der Waals surface area (Å²) in [5.74, 6) is -1.09. The molecule has 2 amide bonds. The number of benzene rings is 1. The Morgan fingerprint density at radius 1 is 1.17 bits per heavy atom. The number of halogens is 1. The zero-order chi connectivity index (χ0) is 20.6. The Hall–Kier alpha value is -3.49. The van der Waals surface area contributed by atoms with Crippen LogP contribution in [0.4, 0.5) is 10.1 Å². The van der Waals surface area contributed by atoms with Crippen molar-refractivity contribution in [3.8, 4) is 0 Å². The number of amidine groups is 1. The van der Waals surface area contributed by atoms with E-state index in [0.29, 0.717) is 25.7 Å². The van der Waals surface area contributed by atoms with Crippen LogP contribution in [0.15, 0.2) is 53.3 Å². The zero-order valence-electron chi connectivity index (χ0n) is 15.7. The Balaban J connectivity index is 1.40. The highest BCUT2D eigenvalue weighted by molar-refractivity contribution is 6.03. The van der Waals surface area contributed by atoms with Gasteiger partial charge in [0.15, 0.2) is 0 Å². The SMILES string of the molecule is N=C(/C=C\Nc1ccccc1F)NC(=O)C1CCC(NC(=O)c2ccno2)CC1. The van der Waals surface area contributed by atoms with E-state index in [4.69, 9.17) is 9.93 Å². The highest BCUT2D eigenvalue weighted by Crippen LogP contribution is 2.24. The molecule has 9 heteroatoms.